The fraction of sp³-hybridized carbons (Fsp3) is 0.556. The topological polar surface area (TPSA) is 84.9 Å². The van der Waals surface area contributed by atoms with E-state index >= 15 is 0 Å². The lowest BCUT2D eigenvalue weighted by Crippen LogP contribution is -2.43. The van der Waals surface area contributed by atoms with E-state index in [0.717, 1.165) is 24.2 Å². The van der Waals surface area contributed by atoms with E-state index in [9.17, 15) is 14.7 Å². The number of hydrogen-bond donors (Lipinski definition) is 2. The lowest BCUT2D eigenvalue weighted by molar-refractivity contribution is -0.139. The summed E-state index contributed by atoms with van der Waals surface area (Å²) in [6.45, 7) is 3.82. The first-order valence-corrected chi connectivity index (χ1v) is 8.19. The normalized spacial score (nSPS) is 16.3. The molecular weight excluding hydrogens is 310 g/mol. The molecule has 0 spiro atoms. The summed E-state index contributed by atoms with van der Waals surface area (Å²) in [7, 11) is 1.61. The first-order valence-electron chi connectivity index (χ1n) is 8.19. The molecule has 0 aliphatic heterocycles. The molecule has 1 amide bonds. The molecule has 0 unspecified atom stereocenters. The molecule has 24 heavy (non-hydrogen) atoms. The van der Waals surface area contributed by atoms with E-state index in [2.05, 4.69) is 5.32 Å². The second-order valence-corrected chi connectivity index (χ2v) is 6.77. The Morgan fingerprint density at radius 3 is 2.58 bits per heavy atom. The molecule has 1 atom stereocenters. The summed E-state index contributed by atoms with van der Waals surface area (Å²) in [5, 5.41) is 11.7. The number of carbonyl (C=O) groups excluding carboxylic acids is 1. The summed E-state index contributed by atoms with van der Waals surface area (Å²) in [5.41, 5.74) is 0.494. The highest BCUT2D eigenvalue weighted by Gasteiger charge is 2.47. The van der Waals surface area contributed by atoms with Crippen LogP contribution in [0.3, 0.4) is 0 Å². The van der Waals surface area contributed by atoms with Crippen LogP contribution < -0.4 is 10.1 Å². The van der Waals surface area contributed by atoms with E-state index in [0.29, 0.717) is 12.8 Å². The number of aliphatic carboxylic acids is 1. The van der Waals surface area contributed by atoms with Gasteiger partial charge in [-0.1, -0.05) is 26.0 Å². The largest absolute Gasteiger partial charge is 0.497 e. The average Bonchev–Trinajstić information content (AvgIpc) is 3.25. The van der Waals surface area contributed by atoms with Crippen LogP contribution >= 0.6 is 0 Å². The summed E-state index contributed by atoms with van der Waals surface area (Å²) < 4.78 is 10.7. The van der Waals surface area contributed by atoms with Crippen molar-refractivity contribution >= 4 is 12.1 Å². The number of carboxylic acids is 1. The third-order valence-corrected chi connectivity index (χ3v) is 4.07. The summed E-state index contributed by atoms with van der Waals surface area (Å²) >= 11 is 0. The van der Waals surface area contributed by atoms with Crippen molar-refractivity contribution in [3.8, 4) is 5.75 Å². The van der Waals surface area contributed by atoms with E-state index in [1.165, 1.54) is 0 Å². The molecule has 0 radical (unpaired) electrons. The first kappa shape index (κ1) is 18.1. The molecule has 1 aliphatic rings. The predicted octanol–water partition coefficient (Wildman–Crippen LogP) is 3.00. The molecule has 0 bridgehead atoms. The van der Waals surface area contributed by atoms with Gasteiger partial charge in [0.15, 0.2) is 0 Å². The van der Waals surface area contributed by atoms with Crippen molar-refractivity contribution in [2.24, 2.45) is 5.92 Å². The molecule has 2 rings (SSSR count). The van der Waals surface area contributed by atoms with Crippen LogP contribution in [0, 0.1) is 5.92 Å². The SMILES string of the molecule is COc1cccc(CC2(OC(=O)N[C@@H](CC(C)C)C(=O)O)CC2)c1. The maximum atomic E-state index is 12.1. The van der Waals surface area contributed by atoms with Crippen LogP contribution in [0.2, 0.25) is 0 Å². The van der Waals surface area contributed by atoms with E-state index < -0.39 is 23.7 Å². The van der Waals surface area contributed by atoms with Gasteiger partial charge in [-0.2, -0.15) is 0 Å². The van der Waals surface area contributed by atoms with Gasteiger partial charge in [0.1, 0.15) is 17.4 Å². The predicted molar refractivity (Wildman–Crippen MR) is 89.2 cm³/mol. The van der Waals surface area contributed by atoms with Gasteiger partial charge in [-0.05, 0) is 42.9 Å². The number of carboxylic acid groups (broad SMARTS) is 1. The average molecular weight is 335 g/mol. The zero-order chi connectivity index (χ0) is 17.7. The van der Waals surface area contributed by atoms with Crippen LogP contribution in [0.15, 0.2) is 24.3 Å². The smallest absolute Gasteiger partial charge is 0.408 e. The van der Waals surface area contributed by atoms with Gasteiger partial charge in [0.2, 0.25) is 0 Å². The molecule has 2 N–H and O–H groups in total. The van der Waals surface area contributed by atoms with Crippen LogP contribution in [0.4, 0.5) is 4.79 Å². The van der Waals surface area contributed by atoms with Crippen LogP contribution in [0.25, 0.3) is 0 Å². The molecule has 0 saturated heterocycles. The molecular formula is C18H25NO5. The van der Waals surface area contributed by atoms with Crippen molar-refractivity contribution in [1.29, 1.82) is 0 Å². The quantitative estimate of drug-likeness (QED) is 0.763. The van der Waals surface area contributed by atoms with Crippen molar-refractivity contribution in [2.45, 2.75) is 51.2 Å². The van der Waals surface area contributed by atoms with Crippen LogP contribution in [0.1, 0.15) is 38.7 Å². The van der Waals surface area contributed by atoms with E-state index in [4.69, 9.17) is 9.47 Å². The molecule has 1 aromatic carbocycles. The number of benzene rings is 1. The Kier molecular flexibility index (Phi) is 5.70. The van der Waals surface area contributed by atoms with Crippen molar-refractivity contribution in [1.82, 2.24) is 5.32 Å². The number of methoxy groups -OCH3 is 1. The fourth-order valence-electron chi connectivity index (χ4n) is 2.67. The minimum absolute atomic E-state index is 0.165. The van der Waals surface area contributed by atoms with Crippen molar-refractivity contribution in [3.05, 3.63) is 29.8 Å². The minimum Gasteiger partial charge on any atom is -0.497 e. The van der Waals surface area contributed by atoms with E-state index in [1.807, 2.05) is 38.1 Å². The molecule has 1 saturated carbocycles. The number of hydrogen-bond acceptors (Lipinski definition) is 4. The maximum absolute atomic E-state index is 12.1. The second kappa shape index (κ2) is 7.55. The van der Waals surface area contributed by atoms with Gasteiger partial charge in [0, 0.05) is 6.42 Å². The Morgan fingerprint density at radius 2 is 2.04 bits per heavy atom. The molecule has 1 aliphatic carbocycles. The Morgan fingerprint density at radius 1 is 1.33 bits per heavy atom. The fourth-order valence-corrected chi connectivity index (χ4v) is 2.67. The highest BCUT2D eigenvalue weighted by Crippen LogP contribution is 2.43. The van der Waals surface area contributed by atoms with Crippen molar-refractivity contribution < 1.29 is 24.2 Å². The molecule has 132 valence electrons. The first-order chi connectivity index (χ1) is 11.3. The Hall–Kier alpha value is -2.24. The molecule has 6 nitrogen and oxygen atoms in total. The number of nitrogens with one attached hydrogen (secondary N) is 1. The lowest BCUT2D eigenvalue weighted by atomic mass is 10.0. The molecule has 6 heteroatoms. The van der Waals surface area contributed by atoms with Crippen molar-refractivity contribution in [3.63, 3.8) is 0 Å². The number of ether oxygens (including phenoxy) is 2. The van der Waals surface area contributed by atoms with E-state index in [1.54, 1.807) is 7.11 Å². The Balaban J connectivity index is 1.93. The molecule has 0 heterocycles. The van der Waals surface area contributed by atoms with Crippen LogP contribution in [0.5, 0.6) is 5.75 Å². The van der Waals surface area contributed by atoms with E-state index in [-0.39, 0.29) is 5.92 Å². The zero-order valence-electron chi connectivity index (χ0n) is 14.4. The highest BCUT2D eigenvalue weighted by atomic mass is 16.6. The summed E-state index contributed by atoms with van der Waals surface area (Å²) in [6, 6.07) is 6.71. The Labute approximate surface area is 142 Å². The summed E-state index contributed by atoms with van der Waals surface area (Å²) in [5.74, 6) is -0.119. The standard InChI is InChI=1S/C18H25NO5/c1-12(2)9-15(16(20)21)19-17(22)24-18(7-8-18)11-13-5-4-6-14(10-13)23-3/h4-6,10,12,15H,7-9,11H2,1-3H3,(H,19,22)(H,20,21)/t15-/m0/s1. The van der Waals surface area contributed by atoms with Gasteiger partial charge in [0.05, 0.1) is 7.11 Å². The van der Waals surface area contributed by atoms with Crippen molar-refractivity contribution in [2.75, 3.05) is 7.11 Å². The highest BCUT2D eigenvalue weighted by molar-refractivity contribution is 5.80. The lowest BCUT2D eigenvalue weighted by Gasteiger charge is -2.21. The third-order valence-electron chi connectivity index (χ3n) is 4.07. The zero-order valence-corrected chi connectivity index (χ0v) is 14.4. The van der Waals surface area contributed by atoms with Gasteiger partial charge >= 0.3 is 12.1 Å². The number of amides is 1. The summed E-state index contributed by atoms with van der Waals surface area (Å²) in [6.07, 6.45) is 1.86. The molecule has 1 fully saturated rings. The number of rotatable bonds is 8. The van der Waals surface area contributed by atoms with Crippen LogP contribution in [-0.2, 0) is 16.0 Å². The molecule has 1 aromatic rings. The number of carbonyl (C=O) groups is 2. The summed E-state index contributed by atoms with van der Waals surface area (Å²) in [4.78, 5) is 23.3. The minimum atomic E-state index is -1.04. The third kappa shape index (κ3) is 5.15. The van der Waals surface area contributed by atoms with Gasteiger partial charge < -0.3 is 19.9 Å². The number of alkyl carbamates (subject to hydrolysis) is 1. The molecule has 0 aromatic heterocycles. The van der Waals surface area contributed by atoms with Gasteiger partial charge in [0.25, 0.3) is 0 Å². The second-order valence-electron chi connectivity index (χ2n) is 6.77. The van der Waals surface area contributed by atoms with Crippen LogP contribution in [-0.4, -0.2) is 35.9 Å². The van der Waals surface area contributed by atoms with Gasteiger partial charge in [-0.15, -0.1) is 0 Å². The van der Waals surface area contributed by atoms with Gasteiger partial charge in [-0.3, -0.25) is 0 Å². The maximum Gasteiger partial charge on any atom is 0.408 e. The Bertz CT molecular complexity index is 595. The monoisotopic (exact) mass is 335 g/mol. The van der Waals surface area contributed by atoms with Gasteiger partial charge in [-0.25, -0.2) is 9.59 Å².